The summed E-state index contributed by atoms with van der Waals surface area (Å²) in [6.07, 6.45) is -4.39. The normalized spacial score (nSPS) is 11.2. The molecule has 2 nitrogen and oxygen atoms in total. The fourth-order valence-corrected chi connectivity index (χ4v) is 2.01. The van der Waals surface area contributed by atoms with Crippen LogP contribution in [0.3, 0.4) is 0 Å². The summed E-state index contributed by atoms with van der Waals surface area (Å²) in [6.45, 7) is 0.0921. The van der Waals surface area contributed by atoms with Crippen LogP contribution in [0.2, 0.25) is 0 Å². The minimum absolute atomic E-state index is 0.0921. The van der Waals surface area contributed by atoms with Crippen LogP contribution in [0.4, 0.5) is 13.2 Å². The number of thiocarbonyl (C=S) groups is 1. The summed E-state index contributed by atoms with van der Waals surface area (Å²) in [5.74, 6) is 0.141. The van der Waals surface area contributed by atoms with Gasteiger partial charge in [0, 0.05) is 5.56 Å². The standard InChI is InChI=1S/C15H12F3NOS/c16-15(17,18)11-5-3-6-12(8-11)20-9-10-4-1-2-7-13(10)14(19)21/h1-8H,9H2,(H2,19,21). The average molecular weight is 311 g/mol. The van der Waals surface area contributed by atoms with Crippen LogP contribution >= 0.6 is 12.2 Å². The van der Waals surface area contributed by atoms with E-state index in [1.807, 2.05) is 0 Å². The predicted molar refractivity (Wildman–Crippen MR) is 78.1 cm³/mol. The molecule has 0 radical (unpaired) electrons. The molecule has 2 rings (SSSR count). The van der Waals surface area contributed by atoms with Crippen LogP contribution in [0.1, 0.15) is 16.7 Å². The Morgan fingerprint density at radius 3 is 2.48 bits per heavy atom. The fraction of sp³-hybridized carbons (Fsp3) is 0.133. The summed E-state index contributed by atoms with van der Waals surface area (Å²) in [5, 5.41) is 0. The molecule has 0 amide bonds. The lowest BCUT2D eigenvalue weighted by Crippen LogP contribution is -2.13. The molecule has 0 bridgehead atoms. The molecule has 0 aromatic heterocycles. The maximum absolute atomic E-state index is 12.6. The third-order valence-corrected chi connectivity index (χ3v) is 3.06. The number of alkyl halides is 3. The monoisotopic (exact) mass is 311 g/mol. The Bertz CT molecular complexity index is 655. The summed E-state index contributed by atoms with van der Waals surface area (Å²) >= 11 is 4.92. The van der Waals surface area contributed by atoms with E-state index in [1.165, 1.54) is 12.1 Å². The van der Waals surface area contributed by atoms with E-state index in [0.29, 0.717) is 5.56 Å². The second-order valence-corrected chi connectivity index (χ2v) is 4.78. The van der Waals surface area contributed by atoms with Crippen molar-refractivity contribution in [2.45, 2.75) is 12.8 Å². The van der Waals surface area contributed by atoms with Gasteiger partial charge in [0.15, 0.2) is 0 Å². The smallest absolute Gasteiger partial charge is 0.416 e. The highest BCUT2D eigenvalue weighted by Gasteiger charge is 2.30. The molecule has 0 unspecified atom stereocenters. The van der Waals surface area contributed by atoms with E-state index in [4.69, 9.17) is 22.7 Å². The highest BCUT2D eigenvalue weighted by Crippen LogP contribution is 2.31. The number of benzene rings is 2. The van der Waals surface area contributed by atoms with Crippen LogP contribution in [0.5, 0.6) is 5.75 Å². The van der Waals surface area contributed by atoms with Gasteiger partial charge in [-0.15, -0.1) is 0 Å². The minimum atomic E-state index is -4.39. The van der Waals surface area contributed by atoms with E-state index in [2.05, 4.69) is 0 Å². The van der Waals surface area contributed by atoms with Crippen LogP contribution in [-0.2, 0) is 12.8 Å². The Kier molecular flexibility index (Phi) is 4.47. The quantitative estimate of drug-likeness (QED) is 0.869. The van der Waals surface area contributed by atoms with Gasteiger partial charge >= 0.3 is 6.18 Å². The van der Waals surface area contributed by atoms with Crippen molar-refractivity contribution in [1.29, 1.82) is 0 Å². The van der Waals surface area contributed by atoms with E-state index in [-0.39, 0.29) is 17.3 Å². The molecule has 2 aromatic carbocycles. The molecule has 0 saturated carbocycles. The molecular formula is C15H12F3NOS. The van der Waals surface area contributed by atoms with Crippen molar-refractivity contribution < 1.29 is 17.9 Å². The molecule has 0 aliphatic rings. The number of hydrogen-bond donors (Lipinski definition) is 1. The van der Waals surface area contributed by atoms with E-state index in [9.17, 15) is 13.2 Å². The van der Waals surface area contributed by atoms with Crippen LogP contribution in [0, 0.1) is 0 Å². The summed E-state index contributed by atoms with van der Waals surface area (Å²) in [5.41, 5.74) is 6.22. The van der Waals surface area contributed by atoms with Crippen molar-refractivity contribution in [1.82, 2.24) is 0 Å². The van der Waals surface area contributed by atoms with Crippen molar-refractivity contribution in [3.05, 3.63) is 65.2 Å². The second kappa shape index (κ2) is 6.13. The molecule has 6 heteroatoms. The van der Waals surface area contributed by atoms with E-state index in [0.717, 1.165) is 17.7 Å². The van der Waals surface area contributed by atoms with Crippen molar-refractivity contribution in [2.24, 2.45) is 5.73 Å². The predicted octanol–water partition coefficient (Wildman–Crippen LogP) is 3.92. The van der Waals surface area contributed by atoms with Gasteiger partial charge in [-0.1, -0.05) is 42.5 Å². The van der Waals surface area contributed by atoms with Gasteiger partial charge in [-0.2, -0.15) is 13.2 Å². The number of halogens is 3. The summed E-state index contributed by atoms with van der Waals surface area (Å²) in [4.78, 5) is 0.221. The molecule has 0 fully saturated rings. The Balaban J connectivity index is 2.16. The first-order valence-corrected chi connectivity index (χ1v) is 6.46. The van der Waals surface area contributed by atoms with E-state index >= 15 is 0 Å². The minimum Gasteiger partial charge on any atom is -0.489 e. The molecule has 0 heterocycles. The van der Waals surface area contributed by atoms with Gasteiger partial charge in [0.25, 0.3) is 0 Å². The average Bonchev–Trinajstić information content (AvgIpc) is 2.45. The molecule has 0 atom stereocenters. The zero-order chi connectivity index (χ0) is 15.5. The van der Waals surface area contributed by atoms with Gasteiger partial charge in [-0.3, -0.25) is 0 Å². The summed E-state index contributed by atoms with van der Waals surface area (Å²) in [6, 6.07) is 11.8. The topological polar surface area (TPSA) is 35.2 Å². The van der Waals surface area contributed by atoms with Crippen molar-refractivity contribution >= 4 is 17.2 Å². The molecule has 0 aliphatic heterocycles. The molecule has 2 N–H and O–H groups in total. The second-order valence-electron chi connectivity index (χ2n) is 4.34. The zero-order valence-corrected chi connectivity index (χ0v) is 11.7. The Morgan fingerprint density at radius 1 is 1.10 bits per heavy atom. The highest BCUT2D eigenvalue weighted by atomic mass is 32.1. The Morgan fingerprint density at radius 2 is 1.81 bits per heavy atom. The van der Waals surface area contributed by atoms with Crippen molar-refractivity contribution in [3.63, 3.8) is 0 Å². The Hall–Kier alpha value is -2.08. The van der Waals surface area contributed by atoms with Crippen LogP contribution in [0.25, 0.3) is 0 Å². The van der Waals surface area contributed by atoms with E-state index < -0.39 is 11.7 Å². The zero-order valence-electron chi connectivity index (χ0n) is 10.9. The van der Waals surface area contributed by atoms with Gasteiger partial charge in [0.2, 0.25) is 0 Å². The molecule has 0 saturated heterocycles. The largest absolute Gasteiger partial charge is 0.489 e. The fourth-order valence-electron chi connectivity index (χ4n) is 1.81. The van der Waals surface area contributed by atoms with Crippen molar-refractivity contribution in [2.75, 3.05) is 0 Å². The van der Waals surface area contributed by atoms with Gasteiger partial charge in [0.05, 0.1) is 5.56 Å². The van der Waals surface area contributed by atoms with Gasteiger partial charge in [-0.25, -0.2) is 0 Å². The maximum atomic E-state index is 12.6. The van der Waals surface area contributed by atoms with Gasteiger partial charge in [0.1, 0.15) is 17.3 Å². The number of nitrogens with two attached hydrogens (primary N) is 1. The van der Waals surface area contributed by atoms with Crippen LogP contribution < -0.4 is 10.5 Å². The third kappa shape index (κ3) is 3.95. The lowest BCUT2D eigenvalue weighted by atomic mass is 10.1. The first-order valence-electron chi connectivity index (χ1n) is 6.05. The first-order chi connectivity index (χ1) is 9.88. The Labute approximate surface area is 125 Å². The summed E-state index contributed by atoms with van der Waals surface area (Å²) < 4.78 is 43.2. The number of ether oxygens (including phenoxy) is 1. The lowest BCUT2D eigenvalue weighted by molar-refractivity contribution is -0.137. The number of rotatable bonds is 4. The van der Waals surface area contributed by atoms with Crippen LogP contribution in [-0.4, -0.2) is 4.99 Å². The molecule has 0 aliphatic carbocycles. The van der Waals surface area contributed by atoms with Crippen molar-refractivity contribution in [3.8, 4) is 5.75 Å². The summed E-state index contributed by atoms with van der Waals surface area (Å²) in [7, 11) is 0. The maximum Gasteiger partial charge on any atom is 0.416 e. The van der Waals surface area contributed by atoms with Gasteiger partial charge in [-0.05, 0) is 23.8 Å². The highest BCUT2D eigenvalue weighted by molar-refractivity contribution is 7.80. The molecule has 21 heavy (non-hydrogen) atoms. The number of hydrogen-bond acceptors (Lipinski definition) is 2. The lowest BCUT2D eigenvalue weighted by Gasteiger charge is -2.12. The van der Waals surface area contributed by atoms with E-state index in [1.54, 1.807) is 24.3 Å². The van der Waals surface area contributed by atoms with Crippen LogP contribution in [0.15, 0.2) is 48.5 Å². The van der Waals surface area contributed by atoms with Gasteiger partial charge < -0.3 is 10.5 Å². The SMILES string of the molecule is NC(=S)c1ccccc1COc1cccc(C(F)(F)F)c1. The third-order valence-electron chi connectivity index (χ3n) is 2.84. The first kappa shape index (κ1) is 15.3. The molecule has 0 spiro atoms. The molecular weight excluding hydrogens is 299 g/mol. The molecule has 110 valence electrons. The molecule has 2 aromatic rings.